The molecule has 2 heterocycles. The monoisotopic (exact) mass is 463 g/mol. The minimum atomic E-state index is -0.459. The number of amides is 1. The third-order valence-electron chi connectivity index (χ3n) is 4.15. The molecule has 4 rings (SSSR count). The number of carbonyl (C=O) groups is 1. The molecule has 9 heteroatoms. The summed E-state index contributed by atoms with van der Waals surface area (Å²) in [6, 6.07) is 14.6. The van der Waals surface area contributed by atoms with Crippen LogP contribution in [0, 0.1) is 0 Å². The molecule has 2 aromatic heterocycles. The molecule has 5 nitrogen and oxygen atoms in total. The van der Waals surface area contributed by atoms with Gasteiger partial charge in [0.05, 0.1) is 27.6 Å². The number of nitrogens with one attached hydrogen (secondary N) is 1. The zero-order chi connectivity index (χ0) is 20.5. The Kier molecular flexibility index (Phi) is 5.61. The van der Waals surface area contributed by atoms with Gasteiger partial charge >= 0.3 is 0 Å². The lowest BCUT2D eigenvalue weighted by Gasteiger charge is -2.10. The fraction of sp³-hybridized carbons (Fsp3) is 0.0500. The molecular formula is C20H12Cl3N3O2S. The Morgan fingerprint density at radius 2 is 1.76 bits per heavy atom. The molecule has 0 atom stereocenters. The first-order valence-corrected chi connectivity index (χ1v) is 10.4. The van der Waals surface area contributed by atoms with Crippen molar-refractivity contribution in [2.24, 2.45) is 0 Å². The molecule has 0 saturated heterocycles. The van der Waals surface area contributed by atoms with Crippen molar-refractivity contribution in [1.82, 2.24) is 9.55 Å². The van der Waals surface area contributed by atoms with E-state index in [4.69, 9.17) is 34.8 Å². The Morgan fingerprint density at radius 3 is 2.45 bits per heavy atom. The summed E-state index contributed by atoms with van der Waals surface area (Å²) in [6.45, 7) is -0.227. The SMILES string of the molecule is O=C(Cn1cnc2cc(-c3ccccc3)sc2c1=O)Nc1c(Cl)cc(Cl)cc1Cl. The van der Waals surface area contributed by atoms with E-state index in [-0.39, 0.29) is 27.8 Å². The first kappa shape index (κ1) is 19.9. The van der Waals surface area contributed by atoms with Crippen molar-refractivity contribution in [2.45, 2.75) is 6.54 Å². The standard InChI is InChI=1S/C20H12Cl3N3O2S/c21-12-6-13(22)18(14(23)7-12)25-17(27)9-26-10-24-15-8-16(29-19(15)20(26)28)11-4-2-1-3-5-11/h1-8,10H,9H2,(H,25,27). The predicted molar refractivity (Wildman–Crippen MR) is 119 cm³/mol. The third kappa shape index (κ3) is 4.16. The summed E-state index contributed by atoms with van der Waals surface area (Å²) in [5, 5.41) is 3.39. The highest BCUT2D eigenvalue weighted by molar-refractivity contribution is 7.22. The number of hydrogen-bond donors (Lipinski definition) is 1. The number of rotatable bonds is 4. The highest BCUT2D eigenvalue weighted by Gasteiger charge is 2.15. The zero-order valence-corrected chi connectivity index (χ0v) is 17.7. The summed E-state index contributed by atoms with van der Waals surface area (Å²) in [6.07, 6.45) is 1.36. The number of anilines is 1. The van der Waals surface area contributed by atoms with Crippen LogP contribution in [0.3, 0.4) is 0 Å². The van der Waals surface area contributed by atoms with Crippen LogP contribution >= 0.6 is 46.1 Å². The summed E-state index contributed by atoms with van der Waals surface area (Å²) in [5.41, 5.74) is 1.56. The third-order valence-corrected chi connectivity index (χ3v) is 6.12. The van der Waals surface area contributed by atoms with E-state index in [0.717, 1.165) is 10.4 Å². The average Bonchev–Trinajstić information content (AvgIpc) is 3.13. The van der Waals surface area contributed by atoms with Gasteiger partial charge < -0.3 is 5.32 Å². The molecule has 0 aliphatic rings. The van der Waals surface area contributed by atoms with Crippen molar-refractivity contribution in [3.8, 4) is 10.4 Å². The Morgan fingerprint density at radius 1 is 1.07 bits per heavy atom. The maximum Gasteiger partial charge on any atom is 0.271 e. The van der Waals surface area contributed by atoms with Crippen LogP contribution in [0.2, 0.25) is 15.1 Å². The molecule has 0 fully saturated rings. The number of thiophene rings is 1. The lowest BCUT2D eigenvalue weighted by atomic mass is 10.2. The van der Waals surface area contributed by atoms with E-state index >= 15 is 0 Å². The number of hydrogen-bond acceptors (Lipinski definition) is 4. The van der Waals surface area contributed by atoms with Crippen molar-refractivity contribution >= 4 is 68.0 Å². The van der Waals surface area contributed by atoms with Gasteiger partial charge in [-0.25, -0.2) is 4.98 Å². The van der Waals surface area contributed by atoms with E-state index < -0.39 is 5.91 Å². The number of nitrogens with zero attached hydrogens (tertiary/aromatic N) is 2. The van der Waals surface area contributed by atoms with Crippen LogP contribution in [0.5, 0.6) is 0 Å². The lowest BCUT2D eigenvalue weighted by Crippen LogP contribution is -2.27. The number of carbonyl (C=O) groups excluding carboxylic acids is 1. The maximum atomic E-state index is 12.8. The van der Waals surface area contributed by atoms with Gasteiger partial charge in [0, 0.05) is 9.90 Å². The van der Waals surface area contributed by atoms with Crippen molar-refractivity contribution in [2.75, 3.05) is 5.32 Å². The van der Waals surface area contributed by atoms with Crippen molar-refractivity contribution in [3.05, 3.63) is 80.3 Å². The van der Waals surface area contributed by atoms with E-state index in [2.05, 4.69) is 10.3 Å². The molecule has 29 heavy (non-hydrogen) atoms. The first-order chi connectivity index (χ1) is 13.9. The second kappa shape index (κ2) is 8.16. The van der Waals surface area contributed by atoms with E-state index in [1.165, 1.54) is 34.4 Å². The Bertz CT molecular complexity index is 1260. The second-order valence-corrected chi connectivity index (χ2v) is 8.46. The number of fused-ring (bicyclic) bond motifs is 1. The van der Waals surface area contributed by atoms with Crippen LogP contribution in [0.25, 0.3) is 20.7 Å². The minimum Gasteiger partial charge on any atom is -0.322 e. The smallest absolute Gasteiger partial charge is 0.271 e. The first-order valence-electron chi connectivity index (χ1n) is 8.41. The average molecular weight is 465 g/mol. The van der Waals surface area contributed by atoms with Gasteiger partial charge in [-0.2, -0.15) is 0 Å². The van der Waals surface area contributed by atoms with Gasteiger partial charge in [-0.1, -0.05) is 65.1 Å². The number of aromatic nitrogens is 2. The van der Waals surface area contributed by atoms with Crippen molar-refractivity contribution in [1.29, 1.82) is 0 Å². The lowest BCUT2D eigenvalue weighted by molar-refractivity contribution is -0.116. The van der Waals surface area contributed by atoms with Gasteiger partial charge in [0.2, 0.25) is 5.91 Å². The normalized spacial score (nSPS) is 11.0. The molecule has 4 aromatic rings. The summed E-state index contributed by atoms with van der Waals surface area (Å²) in [4.78, 5) is 30.5. The van der Waals surface area contributed by atoms with Gasteiger partial charge in [-0.05, 0) is 23.8 Å². The molecule has 0 radical (unpaired) electrons. The molecular weight excluding hydrogens is 453 g/mol. The molecule has 2 aromatic carbocycles. The molecule has 1 amide bonds. The largest absolute Gasteiger partial charge is 0.322 e. The Balaban J connectivity index is 1.61. The van der Waals surface area contributed by atoms with Crippen LogP contribution < -0.4 is 10.9 Å². The molecule has 0 spiro atoms. The molecule has 1 N–H and O–H groups in total. The fourth-order valence-corrected chi connectivity index (χ4v) is 4.77. The molecule has 0 aliphatic carbocycles. The van der Waals surface area contributed by atoms with Gasteiger partial charge in [0.15, 0.2) is 0 Å². The quantitative estimate of drug-likeness (QED) is 0.420. The summed E-state index contributed by atoms with van der Waals surface area (Å²) < 4.78 is 1.74. The highest BCUT2D eigenvalue weighted by atomic mass is 35.5. The van der Waals surface area contributed by atoms with E-state index in [1.807, 2.05) is 36.4 Å². The highest BCUT2D eigenvalue weighted by Crippen LogP contribution is 2.34. The number of benzene rings is 2. The summed E-state index contributed by atoms with van der Waals surface area (Å²) in [7, 11) is 0. The van der Waals surface area contributed by atoms with Crippen LogP contribution in [-0.4, -0.2) is 15.5 Å². The second-order valence-electron chi connectivity index (χ2n) is 6.16. The predicted octanol–water partition coefficient (Wildman–Crippen LogP) is 5.72. The van der Waals surface area contributed by atoms with E-state index in [9.17, 15) is 9.59 Å². The van der Waals surface area contributed by atoms with Crippen molar-refractivity contribution in [3.63, 3.8) is 0 Å². The van der Waals surface area contributed by atoms with Gasteiger partial charge in [0.25, 0.3) is 5.56 Å². The van der Waals surface area contributed by atoms with Gasteiger partial charge in [0.1, 0.15) is 11.2 Å². The van der Waals surface area contributed by atoms with Crippen molar-refractivity contribution < 1.29 is 4.79 Å². The van der Waals surface area contributed by atoms with Crippen LogP contribution in [0.4, 0.5) is 5.69 Å². The summed E-state index contributed by atoms with van der Waals surface area (Å²) in [5.74, 6) is -0.459. The van der Waals surface area contributed by atoms with Crippen LogP contribution in [0.15, 0.2) is 59.7 Å². The molecule has 0 bridgehead atoms. The maximum absolute atomic E-state index is 12.8. The van der Waals surface area contributed by atoms with Gasteiger partial charge in [-0.15, -0.1) is 11.3 Å². The fourth-order valence-electron chi connectivity index (χ4n) is 2.80. The molecule has 146 valence electrons. The minimum absolute atomic E-state index is 0.211. The molecule has 0 unspecified atom stereocenters. The topological polar surface area (TPSA) is 64.0 Å². The van der Waals surface area contributed by atoms with E-state index in [1.54, 1.807) is 0 Å². The van der Waals surface area contributed by atoms with Gasteiger partial charge in [-0.3, -0.25) is 14.2 Å². The van der Waals surface area contributed by atoms with Crippen LogP contribution in [0.1, 0.15) is 0 Å². The number of halogens is 3. The Hall–Kier alpha value is -2.38. The zero-order valence-electron chi connectivity index (χ0n) is 14.7. The van der Waals surface area contributed by atoms with Crippen LogP contribution in [-0.2, 0) is 11.3 Å². The Labute approximate surface area is 184 Å². The molecule has 0 saturated carbocycles. The van der Waals surface area contributed by atoms with E-state index in [0.29, 0.717) is 15.2 Å². The molecule has 0 aliphatic heterocycles. The summed E-state index contributed by atoms with van der Waals surface area (Å²) >= 11 is 19.4.